The second-order valence-corrected chi connectivity index (χ2v) is 8.07. The summed E-state index contributed by atoms with van der Waals surface area (Å²) in [6.45, 7) is 2.81. The van der Waals surface area contributed by atoms with Crippen molar-refractivity contribution in [2.75, 3.05) is 22.9 Å². The van der Waals surface area contributed by atoms with Crippen molar-refractivity contribution in [2.45, 2.75) is 57.7 Å². The van der Waals surface area contributed by atoms with E-state index in [1.807, 2.05) is 13.3 Å². The predicted octanol–water partition coefficient (Wildman–Crippen LogP) is 3.42. The SMILES string of the molecule is CC(N)CNc1nc(NCc2cc(F)ccc2N)c2ncn(C3CCCCC3)c2n1. The average Bonchev–Trinajstić information content (AvgIpc) is 3.17. The summed E-state index contributed by atoms with van der Waals surface area (Å²) in [5.41, 5.74) is 14.6. The summed E-state index contributed by atoms with van der Waals surface area (Å²) in [7, 11) is 0. The molecule has 9 heteroatoms. The van der Waals surface area contributed by atoms with Gasteiger partial charge in [0, 0.05) is 30.9 Å². The van der Waals surface area contributed by atoms with E-state index in [1.165, 1.54) is 31.4 Å². The number of benzene rings is 1. The summed E-state index contributed by atoms with van der Waals surface area (Å²) in [6.07, 6.45) is 7.82. The van der Waals surface area contributed by atoms with Crippen LogP contribution in [0.5, 0.6) is 0 Å². The van der Waals surface area contributed by atoms with Gasteiger partial charge in [0.1, 0.15) is 5.82 Å². The number of rotatable bonds is 7. The van der Waals surface area contributed by atoms with Crippen molar-refractivity contribution in [3.63, 3.8) is 0 Å². The lowest BCUT2D eigenvalue weighted by Gasteiger charge is -2.23. The number of aromatic nitrogens is 4. The van der Waals surface area contributed by atoms with Crippen molar-refractivity contribution >= 4 is 28.6 Å². The largest absolute Gasteiger partial charge is 0.398 e. The number of hydrogen-bond acceptors (Lipinski definition) is 7. The molecule has 1 aliphatic carbocycles. The molecule has 30 heavy (non-hydrogen) atoms. The van der Waals surface area contributed by atoms with Crippen LogP contribution in [-0.2, 0) is 6.54 Å². The van der Waals surface area contributed by atoms with Crippen molar-refractivity contribution in [3.8, 4) is 0 Å². The van der Waals surface area contributed by atoms with Gasteiger partial charge < -0.3 is 26.7 Å². The first-order valence-electron chi connectivity index (χ1n) is 10.5. The number of fused-ring (bicyclic) bond motifs is 1. The van der Waals surface area contributed by atoms with Crippen LogP contribution in [0.2, 0.25) is 0 Å². The maximum absolute atomic E-state index is 13.6. The first-order chi connectivity index (χ1) is 14.5. The summed E-state index contributed by atoms with van der Waals surface area (Å²) >= 11 is 0. The zero-order chi connectivity index (χ0) is 21.1. The molecule has 1 saturated carbocycles. The van der Waals surface area contributed by atoms with Gasteiger partial charge >= 0.3 is 0 Å². The van der Waals surface area contributed by atoms with E-state index in [2.05, 4.69) is 25.2 Å². The molecular formula is C21H29FN8. The van der Waals surface area contributed by atoms with E-state index in [4.69, 9.17) is 16.5 Å². The van der Waals surface area contributed by atoms with Gasteiger partial charge in [0.15, 0.2) is 17.0 Å². The topological polar surface area (TPSA) is 120 Å². The maximum Gasteiger partial charge on any atom is 0.226 e. The quantitative estimate of drug-likeness (QED) is 0.439. The standard InChI is InChI=1S/C21H29FN8/c1-13(23)10-26-21-28-19(25-11-14-9-15(22)7-8-17(14)24)18-20(29-21)30(12-27-18)16-5-3-2-4-6-16/h7-9,12-13,16H,2-6,10-11,23-24H2,1H3,(H2,25,26,28,29). The summed E-state index contributed by atoms with van der Waals surface area (Å²) in [5, 5.41) is 6.47. The minimum absolute atomic E-state index is 0.0314. The Morgan fingerprint density at radius 2 is 2.00 bits per heavy atom. The van der Waals surface area contributed by atoms with Crippen LogP contribution in [0.25, 0.3) is 11.2 Å². The van der Waals surface area contributed by atoms with E-state index in [9.17, 15) is 4.39 Å². The highest BCUT2D eigenvalue weighted by Crippen LogP contribution is 2.32. The number of hydrogen-bond donors (Lipinski definition) is 4. The molecule has 1 fully saturated rings. The number of nitrogens with zero attached hydrogens (tertiary/aromatic N) is 4. The van der Waals surface area contributed by atoms with Gasteiger partial charge in [-0.3, -0.25) is 0 Å². The molecule has 0 radical (unpaired) electrons. The highest BCUT2D eigenvalue weighted by Gasteiger charge is 2.21. The van der Waals surface area contributed by atoms with E-state index in [-0.39, 0.29) is 11.9 Å². The van der Waals surface area contributed by atoms with Gasteiger partial charge in [-0.25, -0.2) is 9.37 Å². The molecule has 0 spiro atoms. The van der Waals surface area contributed by atoms with Crippen molar-refractivity contribution in [2.24, 2.45) is 5.73 Å². The number of imidazole rings is 1. The Kier molecular flexibility index (Phi) is 5.98. The molecule has 1 aromatic carbocycles. The highest BCUT2D eigenvalue weighted by atomic mass is 19.1. The monoisotopic (exact) mass is 412 g/mol. The van der Waals surface area contributed by atoms with E-state index in [1.54, 1.807) is 6.07 Å². The second kappa shape index (κ2) is 8.83. The molecule has 160 valence electrons. The van der Waals surface area contributed by atoms with Crippen molar-refractivity contribution in [1.82, 2.24) is 19.5 Å². The van der Waals surface area contributed by atoms with Crippen LogP contribution in [0, 0.1) is 5.82 Å². The Hall–Kier alpha value is -2.94. The number of nitrogens with two attached hydrogens (primary N) is 2. The number of anilines is 3. The molecule has 1 unspecified atom stereocenters. The third kappa shape index (κ3) is 4.46. The molecule has 6 N–H and O–H groups in total. The minimum atomic E-state index is -0.324. The third-order valence-corrected chi connectivity index (χ3v) is 5.52. The van der Waals surface area contributed by atoms with Crippen molar-refractivity contribution < 1.29 is 4.39 Å². The Balaban J connectivity index is 1.67. The van der Waals surface area contributed by atoms with E-state index in [0.29, 0.717) is 47.7 Å². The van der Waals surface area contributed by atoms with Crippen LogP contribution in [0.1, 0.15) is 50.6 Å². The summed E-state index contributed by atoms with van der Waals surface area (Å²) < 4.78 is 15.8. The number of nitrogen functional groups attached to an aromatic ring is 1. The zero-order valence-corrected chi connectivity index (χ0v) is 17.2. The fraction of sp³-hybridized carbons (Fsp3) is 0.476. The van der Waals surface area contributed by atoms with Gasteiger partial charge in [0.25, 0.3) is 0 Å². The number of nitrogens with one attached hydrogen (secondary N) is 2. The minimum Gasteiger partial charge on any atom is -0.398 e. The molecule has 0 aliphatic heterocycles. The summed E-state index contributed by atoms with van der Waals surface area (Å²) in [5.74, 6) is 0.757. The van der Waals surface area contributed by atoms with Crippen LogP contribution in [0.3, 0.4) is 0 Å². The molecule has 1 aliphatic rings. The Morgan fingerprint density at radius 3 is 2.77 bits per heavy atom. The van der Waals surface area contributed by atoms with E-state index < -0.39 is 0 Å². The van der Waals surface area contributed by atoms with E-state index in [0.717, 1.165) is 18.5 Å². The zero-order valence-electron chi connectivity index (χ0n) is 17.2. The fourth-order valence-electron chi connectivity index (χ4n) is 3.90. The van der Waals surface area contributed by atoms with Crippen LogP contribution in [0.4, 0.5) is 21.8 Å². The lowest BCUT2D eigenvalue weighted by atomic mass is 9.95. The molecule has 0 saturated heterocycles. The normalized spacial score (nSPS) is 16.0. The molecule has 3 aromatic rings. The summed E-state index contributed by atoms with van der Waals surface area (Å²) in [6, 6.07) is 4.71. The van der Waals surface area contributed by atoms with Crippen molar-refractivity contribution in [1.29, 1.82) is 0 Å². The van der Waals surface area contributed by atoms with Crippen LogP contribution >= 0.6 is 0 Å². The lowest BCUT2D eigenvalue weighted by Crippen LogP contribution is -2.26. The van der Waals surface area contributed by atoms with Gasteiger partial charge in [0.2, 0.25) is 5.95 Å². The first-order valence-corrected chi connectivity index (χ1v) is 10.5. The molecular weight excluding hydrogens is 383 g/mol. The van der Waals surface area contributed by atoms with Crippen LogP contribution in [-0.4, -0.2) is 32.1 Å². The van der Waals surface area contributed by atoms with E-state index >= 15 is 0 Å². The molecule has 4 rings (SSSR count). The fourth-order valence-corrected chi connectivity index (χ4v) is 3.90. The predicted molar refractivity (Wildman–Crippen MR) is 118 cm³/mol. The molecule has 0 amide bonds. The lowest BCUT2D eigenvalue weighted by molar-refractivity contribution is 0.358. The molecule has 8 nitrogen and oxygen atoms in total. The van der Waals surface area contributed by atoms with Gasteiger partial charge in [-0.15, -0.1) is 0 Å². The van der Waals surface area contributed by atoms with Crippen molar-refractivity contribution in [3.05, 3.63) is 35.9 Å². The average molecular weight is 413 g/mol. The third-order valence-electron chi connectivity index (χ3n) is 5.52. The maximum atomic E-state index is 13.6. The molecule has 2 heterocycles. The molecule has 0 bridgehead atoms. The van der Waals surface area contributed by atoms with Gasteiger partial charge in [-0.2, -0.15) is 9.97 Å². The Bertz CT molecular complexity index is 1010. The smallest absolute Gasteiger partial charge is 0.226 e. The Labute approximate surface area is 175 Å². The molecule has 1 atom stereocenters. The second-order valence-electron chi connectivity index (χ2n) is 8.07. The molecule has 2 aromatic heterocycles. The van der Waals surface area contributed by atoms with Crippen LogP contribution < -0.4 is 22.1 Å². The van der Waals surface area contributed by atoms with Crippen LogP contribution in [0.15, 0.2) is 24.5 Å². The summed E-state index contributed by atoms with van der Waals surface area (Å²) in [4.78, 5) is 13.9. The van der Waals surface area contributed by atoms with Gasteiger partial charge in [-0.05, 0) is 43.5 Å². The highest BCUT2D eigenvalue weighted by molar-refractivity contribution is 5.84. The van der Waals surface area contributed by atoms with Gasteiger partial charge in [0.05, 0.1) is 6.33 Å². The van der Waals surface area contributed by atoms with Gasteiger partial charge in [-0.1, -0.05) is 19.3 Å². The Morgan fingerprint density at radius 1 is 1.20 bits per heavy atom. The first kappa shape index (κ1) is 20.3. The number of halogens is 1.